The van der Waals surface area contributed by atoms with Crippen LogP contribution >= 0.6 is 0 Å². The van der Waals surface area contributed by atoms with Crippen molar-refractivity contribution in [3.8, 4) is 0 Å². The second-order valence-corrected chi connectivity index (χ2v) is 8.65. The number of anilines is 3. The molecule has 12 nitrogen and oxygen atoms in total. The number of ether oxygens (including phenoxy) is 1. The van der Waals surface area contributed by atoms with E-state index < -0.39 is 17.4 Å². The van der Waals surface area contributed by atoms with Gasteiger partial charge in [-0.3, -0.25) is 14.3 Å². The molecule has 3 N–H and O–H groups in total. The van der Waals surface area contributed by atoms with E-state index in [9.17, 15) is 9.59 Å². The smallest absolute Gasteiger partial charge is 0.278 e. The average molecular weight is 466 g/mol. The van der Waals surface area contributed by atoms with E-state index in [-0.39, 0.29) is 29.4 Å². The Hall–Kier alpha value is -3.93. The molecule has 0 aliphatic heterocycles. The van der Waals surface area contributed by atoms with Gasteiger partial charge in [-0.15, -0.1) is 0 Å². The molecule has 0 atom stereocenters. The Kier molecular flexibility index (Phi) is 6.50. The summed E-state index contributed by atoms with van der Waals surface area (Å²) in [5, 5.41) is 12.8. The van der Waals surface area contributed by atoms with Crippen molar-refractivity contribution in [1.82, 2.24) is 35.0 Å². The van der Waals surface area contributed by atoms with E-state index >= 15 is 0 Å². The highest BCUT2D eigenvalue weighted by atomic mass is 16.5. The fourth-order valence-corrected chi connectivity index (χ4v) is 3.16. The maximum atomic E-state index is 13.3. The summed E-state index contributed by atoms with van der Waals surface area (Å²) in [6.45, 7) is 4.00. The number of hydrogen-bond donors (Lipinski definition) is 3. The van der Waals surface area contributed by atoms with Crippen LogP contribution in [-0.2, 0) is 11.8 Å². The zero-order valence-electron chi connectivity index (χ0n) is 19.5. The molecule has 34 heavy (non-hydrogen) atoms. The van der Waals surface area contributed by atoms with Crippen LogP contribution in [0.4, 0.5) is 17.2 Å². The van der Waals surface area contributed by atoms with Gasteiger partial charge in [0.1, 0.15) is 12.0 Å². The van der Waals surface area contributed by atoms with Crippen LogP contribution in [0.5, 0.6) is 0 Å². The Morgan fingerprint density at radius 2 is 1.88 bits per heavy atom. The highest BCUT2D eigenvalue weighted by Gasteiger charge is 2.29. The average Bonchev–Trinajstić information content (AvgIpc) is 3.62. The van der Waals surface area contributed by atoms with Crippen LogP contribution < -0.4 is 16.0 Å². The molecule has 4 rings (SSSR count). The van der Waals surface area contributed by atoms with Crippen LogP contribution in [0.15, 0.2) is 31.1 Å². The quantitative estimate of drug-likeness (QED) is 0.431. The van der Waals surface area contributed by atoms with Crippen molar-refractivity contribution in [2.75, 3.05) is 24.3 Å². The first-order valence-electron chi connectivity index (χ1n) is 10.8. The summed E-state index contributed by atoms with van der Waals surface area (Å²) in [4.78, 5) is 43.1. The maximum absolute atomic E-state index is 13.3. The Morgan fingerprint density at radius 1 is 1.15 bits per heavy atom. The predicted molar refractivity (Wildman–Crippen MR) is 124 cm³/mol. The van der Waals surface area contributed by atoms with Crippen LogP contribution in [0.25, 0.3) is 0 Å². The van der Waals surface area contributed by atoms with Gasteiger partial charge in [0, 0.05) is 26.6 Å². The summed E-state index contributed by atoms with van der Waals surface area (Å²) in [5.41, 5.74) is 1.34. The van der Waals surface area contributed by atoms with Crippen LogP contribution in [0, 0.1) is 0 Å². The zero-order chi connectivity index (χ0) is 24.3. The number of carbonyl (C=O) groups is 2. The Morgan fingerprint density at radius 3 is 2.56 bits per heavy atom. The highest BCUT2D eigenvalue weighted by molar-refractivity contribution is 6.09. The Labute approximate surface area is 196 Å². The van der Waals surface area contributed by atoms with E-state index in [1.54, 1.807) is 32.7 Å². The molecule has 0 spiro atoms. The third-order valence-electron chi connectivity index (χ3n) is 5.45. The SMILES string of the molecule is COC(C)(C)CNC(=O)c1c(NC(=O)c2nc(C3CC3)cnc2Nc2cncnc2)cnn1C. The van der Waals surface area contributed by atoms with E-state index in [4.69, 9.17) is 4.74 Å². The molecule has 12 heteroatoms. The minimum absolute atomic E-state index is 0.101. The van der Waals surface area contributed by atoms with Crippen molar-refractivity contribution in [1.29, 1.82) is 0 Å². The van der Waals surface area contributed by atoms with Crippen LogP contribution in [0.2, 0.25) is 0 Å². The maximum Gasteiger partial charge on any atom is 0.278 e. The molecule has 0 radical (unpaired) electrons. The molecule has 1 aliphatic carbocycles. The molecule has 1 saturated carbocycles. The third-order valence-corrected chi connectivity index (χ3v) is 5.45. The lowest BCUT2D eigenvalue weighted by Crippen LogP contribution is -2.40. The lowest BCUT2D eigenvalue weighted by Gasteiger charge is -2.23. The molecule has 178 valence electrons. The van der Waals surface area contributed by atoms with Gasteiger partial charge in [-0.05, 0) is 26.7 Å². The second-order valence-electron chi connectivity index (χ2n) is 8.65. The largest absolute Gasteiger partial charge is 0.377 e. The number of nitrogens with one attached hydrogen (secondary N) is 3. The minimum atomic E-state index is -0.543. The topological polar surface area (TPSA) is 149 Å². The van der Waals surface area contributed by atoms with Crippen molar-refractivity contribution in [2.24, 2.45) is 7.05 Å². The summed E-state index contributed by atoms with van der Waals surface area (Å²) < 4.78 is 6.75. The van der Waals surface area contributed by atoms with Crippen LogP contribution in [0.1, 0.15) is 59.3 Å². The van der Waals surface area contributed by atoms with Gasteiger partial charge in [0.25, 0.3) is 11.8 Å². The molecule has 0 saturated heterocycles. The van der Waals surface area contributed by atoms with E-state index in [0.717, 1.165) is 18.5 Å². The summed E-state index contributed by atoms with van der Waals surface area (Å²) in [5.74, 6) is -0.350. The van der Waals surface area contributed by atoms with Gasteiger partial charge in [-0.25, -0.2) is 19.9 Å². The lowest BCUT2D eigenvalue weighted by atomic mass is 10.1. The number of aromatic nitrogens is 6. The lowest BCUT2D eigenvalue weighted by molar-refractivity contribution is 0.0227. The molecule has 2 amide bonds. The first-order chi connectivity index (χ1) is 16.3. The van der Waals surface area contributed by atoms with Crippen molar-refractivity contribution in [2.45, 2.75) is 38.2 Å². The highest BCUT2D eigenvalue weighted by Crippen LogP contribution is 2.39. The molecule has 3 aromatic rings. The number of methoxy groups -OCH3 is 1. The molecule has 1 aliphatic rings. The second kappa shape index (κ2) is 9.51. The number of rotatable bonds is 9. The molecule has 0 bridgehead atoms. The molecule has 3 heterocycles. The number of aryl methyl sites for hydroxylation is 1. The summed E-state index contributed by atoms with van der Waals surface area (Å²) >= 11 is 0. The van der Waals surface area contributed by atoms with E-state index in [2.05, 4.69) is 41.0 Å². The van der Waals surface area contributed by atoms with Crippen molar-refractivity contribution in [3.05, 3.63) is 48.2 Å². The van der Waals surface area contributed by atoms with E-state index in [1.807, 2.05) is 13.8 Å². The van der Waals surface area contributed by atoms with E-state index in [1.165, 1.54) is 17.2 Å². The summed E-state index contributed by atoms with van der Waals surface area (Å²) in [6, 6.07) is 0. The van der Waals surface area contributed by atoms with Crippen molar-refractivity contribution < 1.29 is 14.3 Å². The zero-order valence-corrected chi connectivity index (χ0v) is 19.5. The van der Waals surface area contributed by atoms with Gasteiger partial charge >= 0.3 is 0 Å². The molecule has 0 unspecified atom stereocenters. The van der Waals surface area contributed by atoms with Gasteiger partial charge in [0.15, 0.2) is 11.5 Å². The van der Waals surface area contributed by atoms with Gasteiger partial charge in [0.2, 0.25) is 0 Å². The number of carbonyl (C=O) groups excluding carboxylic acids is 2. The summed E-state index contributed by atoms with van der Waals surface area (Å²) in [7, 11) is 3.20. The van der Waals surface area contributed by atoms with Crippen molar-refractivity contribution >= 4 is 29.0 Å². The van der Waals surface area contributed by atoms with Gasteiger partial charge in [-0.1, -0.05) is 0 Å². The fourth-order valence-electron chi connectivity index (χ4n) is 3.16. The monoisotopic (exact) mass is 465 g/mol. The molecular formula is C22H27N9O3. The number of nitrogens with zero attached hydrogens (tertiary/aromatic N) is 6. The molecular weight excluding hydrogens is 438 g/mol. The third kappa shape index (κ3) is 5.34. The number of hydrogen-bond acceptors (Lipinski definition) is 9. The standard InChI is InChI=1S/C22H27N9O3/c1-22(2,34-4)11-26-21(33)18-16(10-27-31(18)3)30-20(32)17-19(28-14-7-23-12-24-8-14)25-9-15(29-17)13-5-6-13/h7-10,12-13H,5-6,11H2,1-4H3,(H,25,28)(H,26,33)(H,30,32). The van der Waals surface area contributed by atoms with Crippen molar-refractivity contribution in [3.63, 3.8) is 0 Å². The molecule has 3 aromatic heterocycles. The van der Waals surface area contributed by atoms with Crippen LogP contribution in [0.3, 0.4) is 0 Å². The normalized spacial score (nSPS) is 13.4. The van der Waals surface area contributed by atoms with Gasteiger partial charge in [0.05, 0.1) is 47.5 Å². The number of amides is 2. The molecule has 1 fully saturated rings. The van der Waals surface area contributed by atoms with Gasteiger partial charge in [-0.2, -0.15) is 5.10 Å². The van der Waals surface area contributed by atoms with Gasteiger partial charge < -0.3 is 20.7 Å². The Balaban J connectivity index is 1.58. The minimum Gasteiger partial charge on any atom is -0.377 e. The van der Waals surface area contributed by atoms with E-state index in [0.29, 0.717) is 11.6 Å². The predicted octanol–water partition coefficient (Wildman–Crippen LogP) is 2.03. The Bertz CT molecular complexity index is 1190. The first kappa shape index (κ1) is 23.2. The first-order valence-corrected chi connectivity index (χ1v) is 10.8. The van der Waals surface area contributed by atoms with Crippen LogP contribution in [-0.4, -0.2) is 60.8 Å². The summed E-state index contributed by atoms with van der Waals surface area (Å²) in [6.07, 6.45) is 9.65. The fraction of sp³-hybridized carbons (Fsp3) is 0.409. The molecule has 0 aromatic carbocycles.